The van der Waals surface area contributed by atoms with E-state index < -0.39 is 6.10 Å². The molecule has 0 rings (SSSR count). The highest BCUT2D eigenvalue weighted by Crippen LogP contribution is 2.14. The van der Waals surface area contributed by atoms with Gasteiger partial charge in [0.15, 0.2) is 6.10 Å². The number of ether oxygens (including phenoxy) is 3. The number of allylic oxidation sites excluding steroid dienone is 12. The molecule has 65 heavy (non-hydrogen) atoms. The highest BCUT2D eigenvalue weighted by Gasteiger charge is 2.19. The van der Waals surface area contributed by atoms with Gasteiger partial charge in [-0.3, -0.25) is 14.4 Å². The molecule has 0 saturated carbocycles. The molecule has 6 heteroatoms. The molecule has 6 nitrogen and oxygen atoms in total. The van der Waals surface area contributed by atoms with Gasteiger partial charge >= 0.3 is 17.9 Å². The molecule has 1 atom stereocenters. The van der Waals surface area contributed by atoms with Crippen LogP contribution in [-0.4, -0.2) is 37.2 Å². The summed E-state index contributed by atoms with van der Waals surface area (Å²) in [7, 11) is 0. The largest absolute Gasteiger partial charge is 0.462 e. The molecule has 0 aliphatic heterocycles. The fourth-order valence-corrected chi connectivity index (χ4v) is 7.47. The standard InChI is InChI=1S/C59H102O6/c1-4-7-10-13-16-19-22-25-27-29-31-34-37-40-43-46-49-52-58(61)64-55-56(54-63-57(60)51-48-45-42-39-36-33-24-21-18-15-12-9-6-3)65-59(62)53-50-47-44-41-38-35-32-30-28-26-23-20-17-14-11-8-5-2/h16-17,19-21,24-28,32,35,56H,4-15,18,22-23,29-31,33-34,36-55H2,1-3H3/b19-16-,20-17-,24-21-,27-25-,28-26-,35-32-/t56-/m0/s1. The highest BCUT2D eigenvalue weighted by atomic mass is 16.6. The van der Waals surface area contributed by atoms with Gasteiger partial charge in [0.05, 0.1) is 0 Å². The second kappa shape index (κ2) is 53.5. The smallest absolute Gasteiger partial charge is 0.306 e. The summed E-state index contributed by atoms with van der Waals surface area (Å²) in [6.45, 7) is 6.55. The molecule has 0 aromatic heterocycles. The Bertz CT molecular complexity index is 1230. The van der Waals surface area contributed by atoms with Crippen molar-refractivity contribution in [3.63, 3.8) is 0 Å². The first-order valence-corrected chi connectivity index (χ1v) is 27.4. The van der Waals surface area contributed by atoms with E-state index in [0.29, 0.717) is 19.3 Å². The van der Waals surface area contributed by atoms with E-state index in [0.717, 1.165) is 103 Å². The quantitative estimate of drug-likeness (QED) is 0.0262. The number of unbranched alkanes of at least 4 members (excludes halogenated alkanes) is 26. The Morgan fingerprint density at radius 1 is 0.308 bits per heavy atom. The first-order chi connectivity index (χ1) is 32.0. The van der Waals surface area contributed by atoms with Gasteiger partial charge in [-0.25, -0.2) is 0 Å². The van der Waals surface area contributed by atoms with Crippen LogP contribution in [0.4, 0.5) is 0 Å². The second-order valence-corrected chi connectivity index (χ2v) is 18.1. The van der Waals surface area contributed by atoms with E-state index >= 15 is 0 Å². The van der Waals surface area contributed by atoms with Gasteiger partial charge in [0, 0.05) is 19.3 Å². The van der Waals surface area contributed by atoms with Crippen LogP contribution in [0.25, 0.3) is 0 Å². The Kier molecular flexibility index (Phi) is 50.9. The van der Waals surface area contributed by atoms with Crippen LogP contribution in [0, 0.1) is 0 Å². The van der Waals surface area contributed by atoms with E-state index in [4.69, 9.17) is 14.2 Å². The molecule has 0 N–H and O–H groups in total. The molecule has 0 saturated heterocycles. The number of hydrogen-bond acceptors (Lipinski definition) is 6. The van der Waals surface area contributed by atoms with Crippen molar-refractivity contribution >= 4 is 17.9 Å². The van der Waals surface area contributed by atoms with Crippen LogP contribution in [0.2, 0.25) is 0 Å². The van der Waals surface area contributed by atoms with Crippen molar-refractivity contribution in [2.45, 2.75) is 271 Å². The Morgan fingerprint density at radius 3 is 0.908 bits per heavy atom. The van der Waals surface area contributed by atoms with Crippen molar-refractivity contribution < 1.29 is 28.6 Å². The van der Waals surface area contributed by atoms with Crippen molar-refractivity contribution in [1.82, 2.24) is 0 Å². The lowest BCUT2D eigenvalue weighted by Crippen LogP contribution is -2.30. The second-order valence-electron chi connectivity index (χ2n) is 18.1. The minimum atomic E-state index is -0.794. The summed E-state index contributed by atoms with van der Waals surface area (Å²) in [4.78, 5) is 38.1. The van der Waals surface area contributed by atoms with Crippen LogP contribution in [0.5, 0.6) is 0 Å². The van der Waals surface area contributed by atoms with Crippen LogP contribution in [-0.2, 0) is 28.6 Å². The molecule has 0 heterocycles. The highest BCUT2D eigenvalue weighted by molar-refractivity contribution is 5.71. The number of rotatable bonds is 49. The molecule has 0 radical (unpaired) electrons. The van der Waals surface area contributed by atoms with Gasteiger partial charge in [-0.2, -0.15) is 0 Å². The predicted molar refractivity (Wildman–Crippen MR) is 279 cm³/mol. The molecular weight excluding hydrogens is 805 g/mol. The van der Waals surface area contributed by atoms with Gasteiger partial charge in [-0.1, -0.05) is 203 Å². The van der Waals surface area contributed by atoms with Gasteiger partial charge in [0.25, 0.3) is 0 Å². The SMILES string of the molecule is CCCCC/C=C\C/C=C\C/C=C\CCCCCCC(=O)O[C@@H](COC(=O)CCCCCCC/C=C\CCCCCC)COC(=O)CCCCCCCCC/C=C\C/C=C\CCCCC. The molecule has 0 aliphatic rings. The predicted octanol–water partition coefficient (Wildman–Crippen LogP) is 18.2. The molecule has 0 spiro atoms. The van der Waals surface area contributed by atoms with E-state index in [-0.39, 0.29) is 31.1 Å². The molecule has 0 aromatic rings. The summed E-state index contributed by atoms with van der Waals surface area (Å²) in [5.74, 6) is -0.925. The lowest BCUT2D eigenvalue weighted by molar-refractivity contribution is -0.167. The average molecular weight is 907 g/mol. The van der Waals surface area contributed by atoms with E-state index in [2.05, 4.69) is 93.7 Å². The third kappa shape index (κ3) is 51.7. The molecule has 0 unspecified atom stereocenters. The zero-order valence-electron chi connectivity index (χ0n) is 42.7. The Morgan fingerprint density at radius 2 is 0.554 bits per heavy atom. The molecule has 0 fully saturated rings. The van der Waals surface area contributed by atoms with Crippen molar-refractivity contribution in [2.75, 3.05) is 13.2 Å². The van der Waals surface area contributed by atoms with Crippen LogP contribution in [0.1, 0.15) is 265 Å². The summed E-state index contributed by atoms with van der Waals surface area (Å²) in [5, 5.41) is 0. The monoisotopic (exact) mass is 907 g/mol. The first-order valence-electron chi connectivity index (χ1n) is 27.4. The van der Waals surface area contributed by atoms with Crippen LogP contribution in [0.3, 0.4) is 0 Å². The lowest BCUT2D eigenvalue weighted by Gasteiger charge is -2.18. The van der Waals surface area contributed by atoms with E-state index in [1.165, 1.54) is 122 Å². The zero-order chi connectivity index (χ0) is 47.2. The number of hydrogen-bond donors (Lipinski definition) is 0. The maximum absolute atomic E-state index is 12.8. The van der Waals surface area contributed by atoms with Gasteiger partial charge in [-0.05, 0) is 116 Å². The fourth-order valence-electron chi connectivity index (χ4n) is 7.47. The Hall–Kier alpha value is -3.15. The maximum atomic E-state index is 12.8. The number of carbonyl (C=O) groups is 3. The van der Waals surface area contributed by atoms with Crippen molar-refractivity contribution in [1.29, 1.82) is 0 Å². The summed E-state index contributed by atoms with van der Waals surface area (Å²) in [6.07, 6.45) is 67.3. The number of carbonyl (C=O) groups excluding carboxylic acids is 3. The van der Waals surface area contributed by atoms with Crippen molar-refractivity contribution in [3.05, 3.63) is 72.9 Å². The maximum Gasteiger partial charge on any atom is 0.306 e. The minimum Gasteiger partial charge on any atom is -0.462 e. The topological polar surface area (TPSA) is 78.9 Å². The van der Waals surface area contributed by atoms with Gasteiger partial charge in [0.2, 0.25) is 0 Å². The summed E-state index contributed by atoms with van der Waals surface area (Å²) in [5.41, 5.74) is 0. The fraction of sp³-hybridized carbons (Fsp3) is 0.746. The van der Waals surface area contributed by atoms with Gasteiger partial charge < -0.3 is 14.2 Å². The Balaban J connectivity index is 4.44. The van der Waals surface area contributed by atoms with Crippen molar-refractivity contribution in [2.24, 2.45) is 0 Å². The van der Waals surface area contributed by atoms with Crippen molar-refractivity contribution in [3.8, 4) is 0 Å². The van der Waals surface area contributed by atoms with Gasteiger partial charge in [0.1, 0.15) is 13.2 Å². The normalized spacial score (nSPS) is 12.6. The number of esters is 3. The van der Waals surface area contributed by atoms with Crippen LogP contribution < -0.4 is 0 Å². The molecule has 374 valence electrons. The van der Waals surface area contributed by atoms with Crippen LogP contribution >= 0.6 is 0 Å². The van der Waals surface area contributed by atoms with E-state index in [1.807, 2.05) is 0 Å². The molecule has 0 amide bonds. The average Bonchev–Trinajstić information content (AvgIpc) is 3.30. The third-order valence-corrected chi connectivity index (χ3v) is 11.7. The Labute approximate surface area is 402 Å². The summed E-state index contributed by atoms with van der Waals surface area (Å²) >= 11 is 0. The minimum absolute atomic E-state index is 0.0913. The summed E-state index contributed by atoms with van der Waals surface area (Å²) in [6, 6.07) is 0. The third-order valence-electron chi connectivity index (χ3n) is 11.7. The molecule has 0 aromatic carbocycles. The first kappa shape index (κ1) is 61.9. The van der Waals surface area contributed by atoms with Gasteiger partial charge in [-0.15, -0.1) is 0 Å². The molecule has 0 bridgehead atoms. The van der Waals surface area contributed by atoms with Crippen LogP contribution in [0.15, 0.2) is 72.9 Å². The van der Waals surface area contributed by atoms with E-state index in [9.17, 15) is 14.4 Å². The van der Waals surface area contributed by atoms with E-state index in [1.54, 1.807) is 0 Å². The molecular formula is C59H102O6. The molecule has 0 aliphatic carbocycles. The summed E-state index contributed by atoms with van der Waals surface area (Å²) < 4.78 is 16.8. The lowest BCUT2D eigenvalue weighted by atomic mass is 10.1. The zero-order valence-corrected chi connectivity index (χ0v) is 42.7.